The number of carbonyl (C=O) groups is 2. The van der Waals surface area contributed by atoms with Crippen LogP contribution in [0.15, 0.2) is 60.3 Å². The number of halogens is 3. The maximum Gasteiger partial charge on any atom is 0.416 e. The van der Waals surface area contributed by atoms with Crippen LogP contribution in [0.1, 0.15) is 11.1 Å². The van der Waals surface area contributed by atoms with Crippen LogP contribution in [0.5, 0.6) is 0 Å². The van der Waals surface area contributed by atoms with E-state index in [0.717, 1.165) is 17.0 Å². The molecule has 0 saturated carbocycles. The van der Waals surface area contributed by atoms with E-state index in [0.29, 0.717) is 11.3 Å². The van der Waals surface area contributed by atoms with Crippen molar-refractivity contribution in [2.24, 2.45) is 0 Å². The number of carbonyl (C=O) groups excluding carboxylic acids is 2. The maximum atomic E-state index is 12.5. The molecular formula is C17H11F3N2O2. The van der Waals surface area contributed by atoms with Gasteiger partial charge >= 0.3 is 12.2 Å². The van der Waals surface area contributed by atoms with Gasteiger partial charge in [0.15, 0.2) is 0 Å². The summed E-state index contributed by atoms with van der Waals surface area (Å²) in [5.74, 6) is -0.564. The summed E-state index contributed by atoms with van der Waals surface area (Å²) in [6.45, 7) is 0. The quantitative estimate of drug-likeness (QED) is 0.672. The predicted octanol–water partition coefficient (Wildman–Crippen LogP) is 3.80. The van der Waals surface area contributed by atoms with Crippen LogP contribution in [0, 0.1) is 0 Å². The van der Waals surface area contributed by atoms with Crippen LogP contribution in [-0.4, -0.2) is 11.9 Å². The van der Waals surface area contributed by atoms with Gasteiger partial charge in [-0.2, -0.15) is 13.2 Å². The molecular weight excluding hydrogens is 321 g/mol. The molecule has 1 aliphatic rings. The summed E-state index contributed by atoms with van der Waals surface area (Å²) in [5.41, 5.74) is 0.0124. The van der Waals surface area contributed by atoms with Gasteiger partial charge in [-0.1, -0.05) is 30.3 Å². The molecule has 1 N–H and O–H groups in total. The summed E-state index contributed by atoms with van der Waals surface area (Å²) in [6.07, 6.45) is -3.09. The zero-order valence-electron chi connectivity index (χ0n) is 12.2. The number of para-hydroxylation sites is 1. The van der Waals surface area contributed by atoms with Gasteiger partial charge in [-0.3, -0.25) is 4.79 Å². The number of urea groups is 1. The van der Waals surface area contributed by atoms with Crippen molar-refractivity contribution in [3.8, 4) is 0 Å². The molecule has 0 aromatic heterocycles. The number of alkyl halides is 3. The van der Waals surface area contributed by atoms with E-state index < -0.39 is 23.7 Å². The van der Waals surface area contributed by atoms with Gasteiger partial charge < -0.3 is 5.32 Å². The average Bonchev–Trinajstić information content (AvgIpc) is 2.82. The zero-order valence-corrected chi connectivity index (χ0v) is 12.2. The van der Waals surface area contributed by atoms with Crippen LogP contribution in [0.2, 0.25) is 0 Å². The van der Waals surface area contributed by atoms with Crippen LogP contribution in [-0.2, 0) is 11.0 Å². The summed E-state index contributed by atoms with van der Waals surface area (Å²) in [6, 6.07) is 12.1. The van der Waals surface area contributed by atoms with Crippen molar-refractivity contribution in [2.75, 3.05) is 4.90 Å². The number of nitrogens with one attached hydrogen (secondary N) is 1. The number of hydrogen-bond donors (Lipinski definition) is 1. The Morgan fingerprint density at radius 1 is 0.917 bits per heavy atom. The second-order valence-corrected chi connectivity index (χ2v) is 5.08. The van der Waals surface area contributed by atoms with Gasteiger partial charge in [0.25, 0.3) is 5.91 Å². The predicted molar refractivity (Wildman–Crippen MR) is 81.9 cm³/mol. The van der Waals surface area contributed by atoms with E-state index in [1.165, 1.54) is 18.2 Å². The Morgan fingerprint density at radius 3 is 2.12 bits per heavy atom. The lowest BCUT2D eigenvalue weighted by Gasteiger charge is -2.10. The summed E-state index contributed by atoms with van der Waals surface area (Å²) in [4.78, 5) is 25.3. The van der Waals surface area contributed by atoms with Gasteiger partial charge in [-0.15, -0.1) is 0 Å². The molecule has 3 rings (SSSR count). The van der Waals surface area contributed by atoms with E-state index in [-0.39, 0.29) is 5.70 Å². The lowest BCUT2D eigenvalue weighted by atomic mass is 10.1. The number of benzene rings is 2. The van der Waals surface area contributed by atoms with E-state index in [4.69, 9.17) is 0 Å². The number of anilines is 1. The summed E-state index contributed by atoms with van der Waals surface area (Å²) >= 11 is 0. The molecule has 0 bridgehead atoms. The number of nitrogens with zero attached hydrogens (tertiary/aromatic N) is 1. The van der Waals surface area contributed by atoms with E-state index in [9.17, 15) is 22.8 Å². The van der Waals surface area contributed by atoms with E-state index in [1.54, 1.807) is 30.3 Å². The molecule has 0 unspecified atom stereocenters. The van der Waals surface area contributed by atoms with E-state index in [2.05, 4.69) is 5.32 Å². The Balaban J connectivity index is 1.87. The highest BCUT2D eigenvalue weighted by Crippen LogP contribution is 2.29. The molecule has 3 amide bonds. The van der Waals surface area contributed by atoms with Crippen LogP contribution in [0.3, 0.4) is 0 Å². The van der Waals surface area contributed by atoms with Crippen molar-refractivity contribution in [3.63, 3.8) is 0 Å². The first-order valence-electron chi connectivity index (χ1n) is 6.96. The zero-order chi connectivity index (χ0) is 17.3. The van der Waals surface area contributed by atoms with Crippen LogP contribution >= 0.6 is 0 Å². The SMILES string of the molecule is O=C1N/C(=C\c2ccc(C(F)(F)F)cc2)C(=O)N1c1ccccc1. The van der Waals surface area contributed by atoms with Crippen molar-refractivity contribution < 1.29 is 22.8 Å². The third-order valence-corrected chi connectivity index (χ3v) is 3.44. The van der Waals surface area contributed by atoms with Crippen molar-refractivity contribution >= 4 is 23.7 Å². The minimum Gasteiger partial charge on any atom is -0.302 e. The minimum atomic E-state index is -4.42. The van der Waals surface area contributed by atoms with Crippen molar-refractivity contribution in [1.29, 1.82) is 0 Å². The monoisotopic (exact) mass is 332 g/mol. The molecule has 7 heteroatoms. The van der Waals surface area contributed by atoms with E-state index in [1.807, 2.05) is 0 Å². The Labute approximate surface area is 135 Å². The van der Waals surface area contributed by atoms with Crippen LogP contribution in [0.25, 0.3) is 6.08 Å². The molecule has 1 aliphatic heterocycles. The average molecular weight is 332 g/mol. The second-order valence-electron chi connectivity index (χ2n) is 5.08. The molecule has 0 atom stereocenters. The number of imide groups is 1. The highest BCUT2D eigenvalue weighted by molar-refractivity contribution is 6.28. The highest BCUT2D eigenvalue weighted by atomic mass is 19.4. The van der Waals surface area contributed by atoms with Gasteiger partial charge in [0.05, 0.1) is 11.3 Å². The molecule has 24 heavy (non-hydrogen) atoms. The van der Waals surface area contributed by atoms with Gasteiger partial charge in [0.1, 0.15) is 5.70 Å². The summed E-state index contributed by atoms with van der Waals surface area (Å²) < 4.78 is 37.6. The first-order chi connectivity index (χ1) is 11.4. The molecule has 4 nitrogen and oxygen atoms in total. The number of hydrogen-bond acceptors (Lipinski definition) is 2. The summed E-state index contributed by atoms with van der Waals surface area (Å²) in [5, 5.41) is 2.42. The fraction of sp³-hybridized carbons (Fsp3) is 0.0588. The lowest BCUT2D eigenvalue weighted by molar-refractivity contribution is -0.137. The standard InChI is InChI=1S/C17H11F3N2O2/c18-17(19,20)12-8-6-11(7-9-12)10-14-15(23)22(16(24)21-14)13-4-2-1-3-5-13/h1-10H,(H,21,24)/b14-10-. The molecule has 0 spiro atoms. The smallest absolute Gasteiger partial charge is 0.302 e. The molecule has 1 saturated heterocycles. The lowest BCUT2D eigenvalue weighted by Crippen LogP contribution is -2.30. The Hall–Kier alpha value is -3.09. The van der Waals surface area contributed by atoms with E-state index >= 15 is 0 Å². The molecule has 2 aromatic rings. The van der Waals surface area contributed by atoms with Gasteiger partial charge in [-0.25, -0.2) is 9.69 Å². The van der Waals surface area contributed by atoms with Crippen LogP contribution in [0.4, 0.5) is 23.7 Å². The molecule has 2 aromatic carbocycles. The molecule has 1 heterocycles. The summed E-state index contributed by atoms with van der Waals surface area (Å²) in [7, 11) is 0. The first-order valence-corrected chi connectivity index (χ1v) is 6.96. The van der Waals surface area contributed by atoms with Gasteiger partial charge in [0.2, 0.25) is 0 Å². The Morgan fingerprint density at radius 2 is 1.54 bits per heavy atom. The highest BCUT2D eigenvalue weighted by Gasteiger charge is 2.35. The van der Waals surface area contributed by atoms with Crippen molar-refractivity contribution in [1.82, 2.24) is 5.32 Å². The van der Waals surface area contributed by atoms with Crippen LogP contribution < -0.4 is 10.2 Å². The number of amides is 3. The Bertz CT molecular complexity index is 812. The fourth-order valence-electron chi connectivity index (χ4n) is 2.28. The van der Waals surface area contributed by atoms with Gasteiger partial charge in [-0.05, 0) is 35.9 Å². The minimum absolute atomic E-state index is 0.00334. The third kappa shape index (κ3) is 3.01. The molecule has 0 radical (unpaired) electrons. The second kappa shape index (κ2) is 5.84. The molecule has 1 fully saturated rings. The topological polar surface area (TPSA) is 49.4 Å². The fourth-order valence-corrected chi connectivity index (χ4v) is 2.28. The van der Waals surface area contributed by atoms with Crippen molar-refractivity contribution in [2.45, 2.75) is 6.18 Å². The first kappa shape index (κ1) is 15.8. The Kier molecular flexibility index (Phi) is 3.84. The normalized spacial score (nSPS) is 16.6. The number of rotatable bonds is 2. The maximum absolute atomic E-state index is 12.5. The van der Waals surface area contributed by atoms with Gasteiger partial charge in [0, 0.05) is 0 Å². The van der Waals surface area contributed by atoms with Crippen molar-refractivity contribution in [3.05, 3.63) is 71.4 Å². The molecule has 122 valence electrons. The molecule has 0 aliphatic carbocycles. The largest absolute Gasteiger partial charge is 0.416 e. The third-order valence-electron chi connectivity index (χ3n) is 3.44.